The van der Waals surface area contributed by atoms with Crippen LogP contribution in [0.15, 0.2) is 59.9 Å². The van der Waals surface area contributed by atoms with E-state index in [0.717, 1.165) is 12.1 Å². The summed E-state index contributed by atoms with van der Waals surface area (Å²) < 4.78 is 61.7. The highest BCUT2D eigenvalue weighted by Gasteiger charge is 2.22. The van der Waals surface area contributed by atoms with Crippen molar-refractivity contribution in [1.82, 2.24) is 14.4 Å². The lowest BCUT2D eigenvalue weighted by atomic mass is 10.1. The van der Waals surface area contributed by atoms with Gasteiger partial charge in [-0.05, 0) is 30.3 Å². The normalized spacial score (nSPS) is 11.4. The number of nitrogens with zero attached hydrogens (tertiary/aromatic N) is 3. The molecule has 0 saturated heterocycles. The van der Waals surface area contributed by atoms with Crippen molar-refractivity contribution in [3.05, 3.63) is 66.6 Å². The van der Waals surface area contributed by atoms with Crippen LogP contribution in [-0.2, 0) is 14.8 Å². The maximum absolute atomic E-state index is 14.1. The molecule has 1 amide bonds. The Morgan fingerprint density at radius 1 is 1.09 bits per heavy atom. The first-order valence-corrected chi connectivity index (χ1v) is 10.9. The lowest BCUT2D eigenvalue weighted by molar-refractivity contribution is -0.114. The number of benzene rings is 1. The smallest absolute Gasteiger partial charge is 0.264 e. The number of carbonyl (C=O) groups is 1. The monoisotopic (exact) mass is 473 g/mol. The van der Waals surface area contributed by atoms with E-state index in [1.807, 2.05) is 0 Å². The van der Waals surface area contributed by atoms with Gasteiger partial charge in [0, 0.05) is 36.5 Å². The fourth-order valence-corrected chi connectivity index (χ4v) is 4.25. The van der Waals surface area contributed by atoms with Crippen molar-refractivity contribution in [2.75, 3.05) is 17.1 Å². The quantitative estimate of drug-likeness (QED) is 0.443. The number of imidazole rings is 1. The molecule has 3 aromatic heterocycles. The van der Waals surface area contributed by atoms with E-state index in [1.165, 1.54) is 26.3 Å². The Kier molecular flexibility index (Phi) is 5.68. The first kappa shape index (κ1) is 22.1. The van der Waals surface area contributed by atoms with Crippen molar-refractivity contribution in [2.24, 2.45) is 0 Å². The molecule has 0 fully saturated rings. The zero-order chi connectivity index (χ0) is 23.8. The molecule has 9 nitrogen and oxygen atoms in total. The number of methoxy groups -OCH3 is 1. The lowest BCUT2D eigenvalue weighted by Crippen LogP contribution is -2.15. The van der Waals surface area contributed by atoms with Crippen LogP contribution in [0.1, 0.15) is 6.92 Å². The molecule has 0 unspecified atom stereocenters. The predicted octanol–water partition coefficient (Wildman–Crippen LogP) is 3.44. The number of ether oxygens (including phenoxy) is 1. The summed E-state index contributed by atoms with van der Waals surface area (Å²) in [7, 11) is -3.10. The zero-order valence-corrected chi connectivity index (χ0v) is 18.2. The number of rotatable bonds is 6. The van der Waals surface area contributed by atoms with Crippen LogP contribution in [0.4, 0.5) is 20.3 Å². The number of hydrogen-bond donors (Lipinski definition) is 2. The summed E-state index contributed by atoms with van der Waals surface area (Å²) in [6, 6.07) is 7.08. The number of carbonyl (C=O) groups excluding carboxylic acids is 1. The molecule has 0 saturated carbocycles. The van der Waals surface area contributed by atoms with Crippen LogP contribution in [0.5, 0.6) is 5.88 Å². The highest BCUT2D eigenvalue weighted by atomic mass is 32.2. The molecule has 0 aliphatic carbocycles. The Balaban J connectivity index is 1.71. The molecule has 0 bridgehead atoms. The summed E-state index contributed by atoms with van der Waals surface area (Å²) in [5, 5.41) is 2.60. The van der Waals surface area contributed by atoms with Crippen molar-refractivity contribution in [1.29, 1.82) is 0 Å². The largest absolute Gasteiger partial charge is 0.480 e. The van der Waals surface area contributed by atoms with Gasteiger partial charge in [0.15, 0.2) is 5.82 Å². The summed E-state index contributed by atoms with van der Waals surface area (Å²) in [6.07, 6.45) is 4.81. The second-order valence-electron chi connectivity index (χ2n) is 6.95. The van der Waals surface area contributed by atoms with Gasteiger partial charge < -0.3 is 14.5 Å². The van der Waals surface area contributed by atoms with Crippen LogP contribution < -0.4 is 14.8 Å². The molecule has 33 heavy (non-hydrogen) atoms. The third-order valence-electron chi connectivity index (χ3n) is 4.56. The van der Waals surface area contributed by atoms with Gasteiger partial charge in [-0.1, -0.05) is 0 Å². The van der Waals surface area contributed by atoms with Gasteiger partial charge in [0.25, 0.3) is 10.0 Å². The maximum Gasteiger partial charge on any atom is 0.264 e. The van der Waals surface area contributed by atoms with Crippen molar-refractivity contribution in [3.63, 3.8) is 0 Å². The molecule has 0 radical (unpaired) electrons. The number of sulfonamides is 1. The van der Waals surface area contributed by atoms with Crippen LogP contribution in [-0.4, -0.2) is 35.8 Å². The fraction of sp³-hybridized carbons (Fsp3) is 0.0952. The Bertz CT molecular complexity index is 1490. The van der Waals surface area contributed by atoms with Crippen molar-refractivity contribution in [2.45, 2.75) is 11.8 Å². The van der Waals surface area contributed by atoms with E-state index in [9.17, 15) is 22.0 Å². The molecule has 12 heteroatoms. The Morgan fingerprint density at radius 2 is 1.88 bits per heavy atom. The number of anilines is 2. The minimum atomic E-state index is -4.40. The number of halogens is 2. The number of pyridine rings is 2. The average Bonchev–Trinajstić information content (AvgIpc) is 3.13. The summed E-state index contributed by atoms with van der Waals surface area (Å²) in [5.41, 5.74) is 1.71. The molecule has 3 heterocycles. The van der Waals surface area contributed by atoms with Crippen LogP contribution in [0.3, 0.4) is 0 Å². The fourth-order valence-electron chi connectivity index (χ4n) is 3.14. The summed E-state index contributed by atoms with van der Waals surface area (Å²) >= 11 is 0. The second-order valence-corrected chi connectivity index (χ2v) is 8.60. The van der Waals surface area contributed by atoms with Gasteiger partial charge in [0.1, 0.15) is 27.9 Å². The Labute approximate surface area is 187 Å². The number of nitrogens with one attached hydrogen (secondary N) is 2. The lowest BCUT2D eigenvalue weighted by Gasteiger charge is -2.13. The number of amides is 1. The standard InChI is InChI=1S/C21H17F2N5O4S/c1-12(29)25-19-11-28-10-13(3-6-20(28)26-19)14-7-17(21(32-2)24-9-14)27-33(30,31)18-5-4-15(22)8-16(18)23/h3-11,27H,1-2H3,(H,25,29). The SMILES string of the molecule is COc1ncc(-c2ccc3nc(NC(C)=O)cn3c2)cc1NS(=O)(=O)c1ccc(F)cc1F. The molecule has 0 aliphatic heterocycles. The van der Waals surface area contributed by atoms with E-state index < -0.39 is 26.6 Å². The average molecular weight is 473 g/mol. The van der Waals surface area contributed by atoms with Gasteiger partial charge in [-0.25, -0.2) is 27.2 Å². The van der Waals surface area contributed by atoms with E-state index >= 15 is 0 Å². The van der Waals surface area contributed by atoms with Crippen molar-refractivity contribution < 1.29 is 26.7 Å². The first-order chi connectivity index (χ1) is 15.7. The van der Waals surface area contributed by atoms with Gasteiger partial charge in [0.2, 0.25) is 11.8 Å². The highest BCUT2D eigenvalue weighted by molar-refractivity contribution is 7.92. The summed E-state index contributed by atoms with van der Waals surface area (Å²) in [4.78, 5) is 18.9. The second kappa shape index (κ2) is 8.47. The van der Waals surface area contributed by atoms with Crippen LogP contribution in [0, 0.1) is 11.6 Å². The first-order valence-electron chi connectivity index (χ1n) is 9.45. The van der Waals surface area contributed by atoms with Gasteiger partial charge in [-0.2, -0.15) is 0 Å². The molecule has 0 atom stereocenters. The maximum atomic E-state index is 14.1. The van der Waals surface area contributed by atoms with Crippen molar-refractivity contribution >= 4 is 33.1 Å². The van der Waals surface area contributed by atoms with E-state index in [-0.39, 0.29) is 17.5 Å². The minimum absolute atomic E-state index is 0.0385. The van der Waals surface area contributed by atoms with E-state index in [2.05, 4.69) is 20.0 Å². The molecule has 1 aromatic carbocycles. The van der Waals surface area contributed by atoms with Crippen LogP contribution in [0.25, 0.3) is 16.8 Å². The molecular formula is C21H17F2N5O4S. The van der Waals surface area contributed by atoms with Crippen LogP contribution in [0.2, 0.25) is 0 Å². The predicted molar refractivity (Wildman–Crippen MR) is 116 cm³/mol. The van der Waals surface area contributed by atoms with E-state index in [4.69, 9.17) is 4.74 Å². The van der Waals surface area contributed by atoms with Crippen molar-refractivity contribution in [3.8, 4) is 17.0 Å². The third kappa shape index (κ3) is 4.60. The van der Waals surface area contributed by atoms with Gasteiger partial charge in [-0.3, -0.25) is 9.52 Å². The van der Waals surface area contributed by atoms with Gasteiger partial charge in [0.05, 0.1) is 13.3 Å². The molecule has 0 aliphatic rings. The number of aromatic nitrogens is 3. The van der Waals surface area contributed by atoms with Gasteiger partial charge >= 0.3 is 0 Å². The molecule has 4 aromatic rings. The zero-order valence-electron chi connectivity index (χ0n) is 17.3. The number of hydrogen-bond acceptors (Lipinski definition) is 6. The molecule has 2 N–H and O–H groups in total. The highest BCUT2D eigenvalue weighted by Crippen LogP contribution is 2.31. The topological polar surface area (TPSA) is 115 Å². The minimum Gasteiger partial charge on any atom is -0.480 e. The number of fused-ring (bicyclic) bond motifs is 1. The van der Waals surface area contributed by atoms with Gasteiger partial charge in [-0.15, -0.1) is 0 Å². The molecule has 170 valence electrons. The summed E-state index contributed by atoms with van der Waals surface area (Å²) in [6.45, 7) is 1.37. The molecular weight excluding hydrogens is 456 g/mol. The van der Waals surface area contributed by atoms with E-state index in [0.29, 0.717) is 28.7 Å². The third-order valence-corrected chi connectivity index (χ3v) is 5.96. The molecule has 0 spiro atoms. The molecule has 4 rings (SSSR count). The van der Waals surface area contributed by atoms with Crippen LogP contribution >= 0.6 is 0 Å². The Morgan fingerprint density at radius 3 is 2.58 bits per heavy atom. The summed E-state index contributed by atoms with van der Waals surface area (Å²) in [5.74, 6) is -2.05. The Hall–Kier alpha value is -4.06. The van der Waals surface area contributed by atoms with E-state index in [1.54, 1.807) is 28.9 Å².